The summed E-state index contributed by atoms with van der Waals surface area (Å²) >= 11 is 5.13. The molecule has 3 heterocycles. The molecule has 2 unspecified atom stereocenters. The first-order valence-electron chi connectivity index (χ1n) is 6.74. The molecule has 0 aliphatic carbocycles. The summed E-state index contributed by atoms with van der Waals surface area (Å²) in [7, 11) is 2.11. The van der Waals surface area contributed by atoms with Gasteiger partial charge in [0.05, 0.1) is 22.4 Å². The number of fused-ring (bicyclic) bond motifs is 1. The van der Waals surface area contributed by atoms with E-state index in [4.69, 9.17) is 5.41 Å². The van der Waals surface area contributed by atoms with Crippen molar-refractivity contribution < 1.29 is 4.39 Å². The number of anilines is 1. The Morgan fingerprint density at radius 1 is 1.50 bits per heavy atom. The van der Waals surface area contributed by atoms with E-state index in [2.05, 4.69) is 41.5 Å². The van der Waals surface area contributed by atoms with Crippen LogP contribution < -0.4 is 5.32 Å². The molecular formula is C14H15BrFN4PS. The maximum absolute atomic E-state index is 13.0. The predicted molar refractivity (Wildman–Crippen MR) is 95.4 cm³/mol. The van der Waals surface area contributed by atoms with Crippen molar-refractivity contribution in [1.29, 1.82) is 5.41 Å². The number of halogens is 2. The number of hydrogen-bond donors (Lipinski definition) is 2. The molecule has 1 aliphatic rings. The molecule has 0 amide bonds. The van der Waals surface area contributed by atoms with Crippen LogP contribution in [0.15, 0.2) is 28.2 Å². The van der Waals surface area contributed by atoms with Gasteiger partial charge in [0.2, 0.25) is 0 Å². The van der Waals surface area contributed by atoms with Crippen LogP contribution in [-0.2, 0) is 13.1 Å². The van der Waals surface area contributed by atoms with Crippen molar-refractivity contribution in [2.24, 2.45) is 0 Å². The Labute approximate surface area is 143 Å². The van der Waals surface area contributed by atoms with Crippen LogP contribution in [0.1, 0.15) is 16.0 Å². The minimum Gasteiger partial charge on any atom is -0.366 e. The average molecular weight is 401 g/mol. The number of rotatable bonds is 5. The molecule has 0 spiro atoms. The molecule has 0 bridgehead atoms. The molecule has 22 heavy (non-hydrogen) atoms. The third-order valence-electron chi connectivity index (χ3n) is 3.39. The SMILES string of the molecule is N=C1c2c(ccnc2NCC(F)P)CN1Cc1ccc(Br)s1. The summed E-state index contributed by atoms with van der Waals surface area (Å²) in [5.41, 5.74) is 1.83. The van der Waals surface area contributed by atoms with E-state index in [0.29, 0.717) is 24.7 Å². The molecule has 0 radical (unpaired) electrons. The molecule has 4 nitrogen and oxygen atoms in total. The van der Waals surface area contributed by atoms with E-state index >= 15 is 0 Å². The first-order valence-corrected chi connectivity index (χ1v) is 9.01. The normalized spacial score (nSPS) is 15.0. The van der Waals surface area contributed by atoms with Gasteiger partial charge in [0.25, 0.3) is 0 Å². The van der Waals surface area contributed by atoms with Crippen molar-refractivity contribution in [3.63, 3.8) is 0 Å². The molecule has 0 saturated carbocycles. The second-order valence-corrected chi connectivity index (χ2v) is 8.27. The van der Waals surface area contributed by atoms with Crippen molar-refractivity contribution in [3.05, 3.63) is 44.2 Å². The lowest BCUT2D eigenvalue weighted by Gasteiger charge is -2.17. The Kier molecular flexibility index (Phi) is 4.76. The van der Waals surface area contributed by atoms with Gasteiger partial charge in [-0.25, -0.2) is 9.37 Å². The van der Waals surface area contributed by atoms with Gasteiger partial charge in [0.1, 0.15) is 17.6 Å². The van der Waals surface area contributed by atoms with Crippen molar-refractivity contribution >= 4 is 48.2 Å². The van der Waals surface area contributed by atoms with Crippen LogP contribution in [-0.4, -0.2) is 28.2 Å². The number of pyridine rings is 1. The minimum absolute atomic E-state index is 0.166. The summed E-state index contributed by atoms with van der Waals surface area (Å²) in [6.45, 7) is 1.54. The number of aromatic nitrogens is 1. The molecule has 0 saturated heterocycles. The minimum atomic E-state index is -1.03. The highest BCUT2D eigenvalue weighted by atomic mass is 79.9. The Morgan fingerprint density at radius 2 is 2.32 bits per heavy atom. The lowest BCUT2D eigenvalue weighted by atomic mass is 10.1. The molecule has 2 N–H and O–H groups in total. The number of thiophene rings is 1. The fourth-order valence-electron chi connectivity index (χ4n) is 2.43. The van der Waals surface area contributed by atoms with Crippen LogP contribution in [0.5, 0.6) is 0 Å². The van der Waals surface area contributed by atoms with Gasteiger partial charge in [-0.2, -0.15) is 0 Å². The van der Waals surface area contributed by atoms with Gasteiger partial charge in [-0.3, -0.25) is 5.41 Å². The van der Waals surface area contributed by atoms with E-state index in [1.807, 2.05) is 17.0 Å². The molecule has 1 aliphatic heterocycles. The smallest absolute Gasteiger partial charge is 0.137 e. The van der Waals surface area contributed by atoms with E-state index in [1.165, 1.54) is 4.88 Å². The van der Waals surface area contributed by atoms with E-state index < -0.39 is 5.91 Å². The van der Waals surface area contributed by atoms with Crippen molar-refractivity contribution in [3.8, 4) is 0 Å². The summed E-state index contributed by atoms with van der Waals surface area (Å²) in [5, 5.41) is 11.4. The molecule has 0 fully saturated rings. The number of nitrogens with one attached hydrogen (secondary N) is 2. The zero-order valence-corrected chi connectivity index (χ0v) is 15.2. The summed E-state index contributed by atoms with van der Waals surface area (Å²) in [6.07, 6.45) is 1.70. The Morgan fingerprint density at radius 3 is 3.00 bits per heavy atom. The fraction of sp³-hybridized carbons (Fsp3) is 0.286. The van der Waals surface area contributed by atoms with E-state index in [9.17, 15) is 4.39 Å². The highest BCUT2D eigenvalue weighted by Gasteiger charge is 2.28. The summed E-state index contributed by atoms with van der Waals surface area (Å²) in [5.74, 6) is -0.00967. The molecule has 2 aromatic rings. The first-order chi connectivity index (χ1) is 10.5. The van der Waals surface area contributed by atoms with Crippen LogP contribution in [0.3, 0.4) is 0 Å². The summed E-state index contributed by atoms with van der Waals surface area (Å²) < 4.78 is 14.1. The van der Waals surface area contributed by atoms with Gasteiger partial charge < -0.3 is 10.2 Å². The third-order valence-corrected chi connectivity index (χ3v) is 5.24. The quantitative estimate of drug-likeness (QED) is 0.749. The van der Waals surface area contributed by atoms with Crippen LogP contribution in [0.4, 0.5) is 10.2 Å². The maximum Gasteiger partial charge on any atom is 0.137 e. The molecule has 8 heteroatoms. The van der Waals surface area contributed by atoms with Gasteiger partial charge in [-0.1, -0.05) is 9.24 Å². The van der Waals surface area contributed by atoms with Crippen LogP contribution >= 0.6 is 36.5 Å². The van der Waals surface area contributed by atoms with Gasteiger partial charge in [0.15, 0.2) is 0 Å². The molecule has 2 aromatic heterocycles. The van der Waals surface area contributed by atoms with Crippen LogP contribution in [0.2, 0.25) is 0 Å². The lowest BCUT2D eigenvalue weighted by Crippen LogP contribution is -2.23. The zero-order valence-electron chi connectivity index (χ0n) is 11.6. The Hall–Kier alpha value is -1.04. The van der Waals surface area contributed by atoms with E-state index in [1.54, 1.807) is 17.5 Å². The van der Waals surface area contributed by atoms with Gasteiger partial charge in [0, 0.05) is 17.6 Å². The van der Waals surface area contributed by atoms with E-state index in [0.717, 1.165) is 14.9 Å². The van der Waals surface area contributed by atoms with Gasteiger partial charge in [-0.15, -0.1) is 11.3 Å². The van der Waals surface area contributed by atoms with Crippen LogP contribution in [0, 0.1) is 5.41 Å². The Bertz CT molecular complexity index is 706. The molecule has 3 rings (SSSR count). The highest BCUT2D eigenvalue weighted by molar-refractivity contribution is 9.11. The van der Waals surface area contributed by atoms with Crippen molar-refractivity contribution in [1.82, 2.24) is 9.88 Å². The van der Waals surface area contributed by atoms with Gasteiger partial charge >= 0.3 is 0 Å². The standard InChI is InChI=1S/C14H15BrFN4PS/c15-10-2-1-9(22-10)7-20-6-8-3-4-18-14(12(8)13(20)17)19-5-11(16)21/h1-4,11,17H,5-7,21H2,(H,18,19). The monoisotopic (exact) mass is 400 g/mol. The second kappa shape index (κ2) is 6.60. The molecular weight excluding hydrogens is 386 g/mol. The topological polar surface area (TPSA) is 52.0 Å². The molecule has 2 atom stereocenters. The second-order valence-electron chi connectivity index (χ2n) is 5.00. The van der Waals surface area contributed by atoms with Crippen molar-refractivity contribution in [2.45, 2.75) is 19.0 Å². The summed E-state index contributed by atoms with van der Waals surface area (Å²) in [6, 6.07) is 6.00. The molecule has 0 aromatic carbocycles. The first kappa shape index (κ1) is 15.8. The van der Waals surface area contributed by atoms with Crippen molar-refractivity contribution in [2.75, 3.05) is 11.9 Å². The highest BCUT2D eigenvalue weighted by Crippen LogP contribution is 2.31. The third kappa shape index (κ3) is 3.31. The zero-order chi connectivity index (χ0) is 15.7. The maximum atomic E-state index is 13.0. The van der Waals surface area contributed by atoms with E-state index in [-0.39, 0.29) is 6.54 Å². The summed E-state index contributed by atoms with van der Waals surface area (Å²) in [4.78, 5) is 7.46. The van der Waals surface area contributed by atoms with Crippen LogP contribution in [0.25, 0.3) is 0 Å². The number of nitrogens with zero attached hydrogens (tertiary/aromatic N) is 2. The molecule has 116 valence electrons. The lowest BCUT2D eigenvalue weighted by molar-refractivity contribution is 0.426. The average Bonchev–Trinajstić information content (AvgIpc) is 3.02. The number of alkyl halides is 1. The number of amidine groups is 1. The largest absolute Gasteiger partial charge is 0.366 e. The Balaban J connectivity index is 1.79. The number of hydrogen-bond acceptors (Lipinski definition) is 4. The predicted octanol–water partition coefficient (Wildman–Crippen LogP) is 3.83. The fourth-order valence-corrected chi connectivity index (χ4v) is 4.05. The van der Waals surface area contributed by atoms with Gasteiger partial charge in [-0.05, 0) is 39.7 Å².